The number of nitrogens with zero attached hydrogens (tertiary/aromatic N) is 2. The normalized spacial score (nSPS) is 19.1. The molecule has 7 nitrogen and oxygen atoms in total. The van der Waals surface area contributed by atoms with Gasteiger partial charge < -0.3 is 9.64 Å². The number of rotatable bonds is 4. The molecule has 1 aliphatic heterocycles. The topological polar surface area (TPSA) is 93.6 Å². The Labute approximate surface area is 153 Å². The van der Waals surface area contributed by atoms with Crippen LogP contribution in [0, 0.1) is 0 Å². The maximum Gasteiger partial charge on any atom is 0.359 e. The van der Waals surface area contributed by atoms with Crippen LogP contribution in [-0.2, 0) is 19.4 Å². The van der Waals surface area contributed by atoms with Crippen LogP contribution in [0.3, 0.4) is 0 Å². The molecule has 1 aromatic heterocycles. The first kappa shape index (κ1) is 19.2. The van der Waals surface area contributed by atoms with E-state index in [2.05, 4.69) is 4.98 Å². The van der Waals surface area contributed by atoms with Gasteiger partial charge in [0.1, 0.15) is 0 Å². The zero-order chi connectivity index (χ0) is 18.1. The molecule has 0 saturated carbocycles. The van der Waals surface area contributed by atoms with Gasteiger partial charge in [-0.15, -0.1) is 0 Å². The molecule has 24 heavy (non-hydrogen) atoms. The number of likely N-dealkylation sites (N-methyl/N-ethyl adjacent to an activating group) is 1. The summed E-state index contributed by atoms with van der Waals surface area (Å²) in [6.07, 6.45) is 1.50. The number of esters is 1. The monoisotopic (exact) mass is 414 g/mol. The molecule has 1 aromatic rings. The van der Waals surface area contributed by atoms with Gasteiger partial charge in [0, 0.05) is 19.3 Å². The van der Waals surface area contributed by atoms with Crippen LogP contribution in [0.15, 0.2) is 6.20 Å². The molecular weight excluding hydrogens is 403 g/mol. The Morgan fingerprint density at radius 3 is 2.58 bits per heavy atom. The van der Waals surface area contributed by atoms with Gasteiger partial charge in [0.2, 0.25) is 0 Å². The number of hydrogen-bond acceptors (Lipinski definition) is 6. The molecule has 0 spiro atoms. The fourth-order valence-electron chi connectivity index (χ4n) is 2.17. The number of halogens is 3. The van der Waals surface area contributed by atoms with Gasteiger partial charge in [-0.3, -0.25) is 4.79 Å². The summed E-state index contributed by atoms with van der Waals surface area (Å²) in [7, 11) is -1.65. The van der Waals surface area contributed by atoms with E-state index in [0.717, 1.165) is 6.20 Å². The molecule has 0 N–H and O–H groups in total. The quantitative estimate of drug-likeness (QED) is 0.697. The molecule has 1 fully saturated rings. The molecule has 11 heteroatoms. The predicted octanol–water partition coefficient (Wildman–Crippen LogP) is 1.84. The molecular formula is C13H13Cl3N2O5S. The van der Waals surface area contributed by atoms with Crippen molar-refractivity contribution in [1.29, 1.82) is 0 Å². The number of ether oxygens (including phenoxy) is 1. The van der Waals surface area contributed by atoms with Crippen molar-refractivity contribution in [2.45, 2.75) is 12.5 Å². The van der Waals surface area contributed by atoms with Crippen LogP contribution in [-0.4, -0.2) is 61.4 Å². The first-order chi connectivity index (χ1) is 11.1. The van der Waals surface area contributed by atoms with E-state index in [0.29, 0.717) is 6.42 Å². The lowest BCUT2D eigenvalue weighted by Crippen LogP contribution is -2.40. The van der Waals surface area contributed by atoms with Crippen LogP contribution >= 0.6 is 34.8 Å². The van der Waals surface area contributed by atoms with E-state index in [4.69, 9.17) is 39.5 Å². The third-order valence-electron chi connectivity index (χ3n) is 3.59. The van der Waals surface area contributed by atoms with Gasteiger partial charge in [-0.05, 0) is 6.42 Å². The Morgan fingerprint density at radius 1 is 1.33 bits per heavy atom. The number of sulfone groups is 1. The predicted molar refractivity (Wildman–Crippen MR) is 89.4 cm³/mol. The summed E-state index contributed by atoms with van der Waals surface area (Å²) in [6.45, 7) is -0.565. The first-order valence-corrected chi connectivity index (χ1v) is 9.70. The van der Waals surface area contributed by atoms with Crippen molar-refractivity contribution < 1.29 is 22.7 Å². The van der Waals surface area contributed by atoms with Gasteiger partial charge in [-0.2, -0.15) is 0 Å². The molecule has 1 aliphatic rings. The molecule has 1 amide bonds. The Bertz CT molecular complexity index is 784. The lowest BCUT2D eigenvalue weighted by Gasteiger charge is -2.23. The molecule has 132 valence electrons. The standard InChI is InChI=1S/C13H13Cl3N2O5S/c1-18(7-2-3-24(21,22)6-7)9(19)5-23-13(20)12-11(16)10(15)8(14)4-17-12/h4,7H,2-3,5-6H2,1H3. The van der Waals surface area contributed by atoms with Crippen molar-refractivity contribution >= 4 is 56.5 Å². The lowest BCUT2D eigenvalue weighted by atomic mass is 10.2. The van der Waals surface area contributed by atoms with Crippen molar-refractivity contribution in [3.05, 3.63) is 27.0 Å². The van der Waals surface area contributed by atoms with Crippen molar-refractivity contribution in [3.63, 3.8) is 0 Å². The minimum atomic E-state index is -3.12. The highest BCUT2D eigenvalue weighted by Gasteiger charge is 2.33. The molecule has 1 saturated heterocycles. The second-order valence-corrected chi connectivity index (χ2v) is 8.61. The molecule has 1 unspecified atom stereocenters. The third-order valence-corrected chi connectivity index (χ3v) is 6.58. The molecule has 0 radical (unpaired) electrons. The fraction of sp³-hybridized carbons (Fsp3) is 0.462. The number of aromatic nitrogens is 1. The Balaban J connectivity index is 1.97. The minimum Gasteiger partial charge on any atom is -0.451 e. The number of carbonyl (C=O) groups excluding carboxylic acids is 2. The van der Waals surface area contributed by atoms with Crippen molar-refractivity contribution in [2.75, 3.05) is 25.2 Å². The van der Waals surface area contributed by atoms with E-state index in [1.54, 1.807) is 0 Å². The van der Waals surface area contributed by atoms with Crippen LogP contribution in [0.1, 0.15) is 16.9 Å². The Kier molecular flexibility index (Phi) is 5.95. The van der Waals surface area contributed by atoms with Crippen LogP contribution in [0.2, 0.25) is 15.1 Å². The number of carbonyl (C=O) groups is 2. The average Bonchev–Trinajstić information content (AvgIpc) is 2.89. The highest BCUT2D eigenvalue weighted by Crippen LogP contribution is 2.31. The number of amides is 1. The summed E-state index contributed by atoms with van der Waals surface area (Å²) < 4.78 is 27.8. The Hall–Kier alpha value is -1.09. The summed E-state index contributed by atoms with van der Waals surface area (Å²) in [5, 5.41) is -0.131. The van der Waals surface area contributed by atoms with Crippen molar-refractivity contribution in [3.8, 4) is 0 Å². The Morgan fingerprint density at radius 2 is 2.00 bits per heavy atom. The van der Waals surface area contributed by atoms with Crippen LogP contribution in [0.25, 0.3) is 0 Å². The van der Waals surface area contributed by atoms with E-state index in [9.17, 15) is 18.0 Å². The summed E-state index contributed by atoms with van der Waals surface area (Å²) in [5.41, 5.74) is -0.259. The van der Waals surface area contributed by atoms with Gasteiger partial charge in [-0.1, -0.05) is 34.8 Å². The molecule has 2 heterocycles. The second-order valence-electron chi connectivity index (χ2n) is 5.22. The summed E-state index contributed by atoms with van der Waals surface area (Å²) in [6, 6.07) is -0.423. The minimum absolute atomic E-state index is 0.0396. The summed E-state index contributed by atoms with van der Waals surface area (Å²) >= 11 is 17.4. The highest BCUT2D eigenvalue weighted by atomic mass is 35.5. The largest absolute Gasteiger partial charge is 0.451 e. The SMILES string of the molecule is CN(C(=O)COC(=O)c1ncc(Cl)c(Cl)c1Cl)C1CCS(=O)(=O)C1. The van der Waals surface area contributed by atoms with E-state index in [1.807, 2.05) is 0 Å². The smallest absolute Gasteiger partial charge is 0.359 e. The van der Waals surface area contributed by atoms with Crippen LogP contribution < -0.4 is 0 Å². The van der Waals surface area contributed by atoms with Crippen molar-refractivity contribution in [2.24, 2.45) is 0 Å². The molecule has 0 aliphatic carbocycles. The molecule has 0 aromatic carbocycles. The molecule has 0 bridgehead atoms. The maximum absolute atomic E-state index is 12.0. The van der Waals surface area contributed by atoms with E-state index in [-0.39, 0.29) is 32.3 Å². The number of hydrogen-bond donors (Lipinski definition) is 0. The zero-order valence-electron chi connectivity index (χ0n) is 12.5. The highest BCUT2D eigenvalue weighted by molar-refractivity contribution is 7.91. The van der Waals surface area contributed by atoms with Gasteiger partial charge in [0.25, 0.3) is 5.91 Å². The van der Waals surface area contributed by atoms with Gasteiger partial charge in [0.15, 0.2) is 22.1 Å². The van der Waals surface area contributed by atoms with Gasteiger partial charge >= 0.3 is 5.97 Å². The van der Waals surface area contributed by atoms with Gasteiger partial charge in [0.05, 0.1) is 26.6 Å². The second kappa shape index (κ2) is 7.43. The fourth-order valence-corrected chi connectivity index (χ4v) is 4.50. The van der Waals surface area contributed by atoms with E-state index in [1.165, 1.54) is 11.9 Å². The molecule has 2 rings (SSSR count). The summed E-state index contributed by atoms with van der Waals surface area (Å²) in [5.74, 6) is -1.51. The third kappa shape index (κ3) is 4.30. The van der Waals surface area contributed by atoms with Gasteiger partial charge in [-0.25, -0.2) is 18.2 Å². The van der Waals surface area contributed by atoms with E-state index < -0.39 is 34.4 Å². The van der Waals surface area contributed by atoms with Crippen LogP contribution in [0.4, 0.5) is 0 Å². The van der Waals surface area contributed by atoms with Crippen LogP contribution in [0.5, 0.6) is 0 Å². The first-order valence-electron chi connectivity index (χ1n) is 6.75. The lowest BCUT2D eigenvalue weighted by molar-refractivity contribution is -0.134. The zero-order valence-corrected chi connectivity index (χ0v) is 15.5. The van der Waals surface area contributed by atoms with Crippen molar-refractivity contribution in [1.82, 2.24) is 9.88 Å². The van der Waals surface area contributed by atoms with E-state index >= 15 is 0 Å². The summed E-state index contributed by atoms with van der Waals surface area (Å²) in [4.78, 5) is 29.0. The average molecular weight is 416 g/mol. The number of pyridine rings is 1. The maximum atomic E-state index is 12.0. The molecule has 1 atom stereocenters.